The largest absolute Gasteiger partial charge is 0.396 e. The van der Waals surface area contributed by atoms with Crippen molar-refractivity contribution in [2.45, 2.75) is 25.3 Å². The predicted molar refractivity (Wildman–Crippen MR) is 67.0 cm³/mol. The Balaban J connectivity index is 1.49. The number of nitrogens with zero attached hydrogens (tertiary/aromatic N) is 4. The molecule has 0 radical (unpaired) electrons. The first-order valence-electron chi connectivity index (χ1n) is 5.66. The molecule has 0 atom stereocenters. The zero-order valence-electron chi connectivity index (χ0n) is 9.33. The second kappa shape index (κ2) is 4.33. The molecule has 17 heavy (non-hydrogen) atoms. The minimum absolute atomic E-state index is 0.618. The van der Waals surface area contributed by atoms with E-state index in [4.69, 9.17) is 5.73 Å². The van der Waals surface area contributed by atoms with Gasteiger partial charge < -0.3 is 11.1 Å². The summed E-state index contributed by atoms with van der Waals surface area (Å²) in [6, 6.07) is 0. The molecule has 90 valence electrons. The van der Waals surface area contributed by atoms with Crippen molar-refractivity contribution in [3.8, 4) is 0 Å². The molecular weight excluding hydrogens is 236 g/mol. The number of rotatable bonds is 5. The van der Waals surface area contributed by atoms with Gasteiger partial charge in [-0.1, -0.05) is 0 Å². The van der Waals surface area contributed by atoms with Gasteiger partial charge >= 0.3 is 0 Å². The van der Waals surface area contributed by atoms with Crippen molar-refractivity contribution >= 4 is 22.4 Å². The van der Waals surface area contributed by atoms with Gasteiger partial charge in [-0.3, -0.25) is 4.68 Å². The van der Waals surface area contributed by atoms with Gasteiger partial charge in [0.2, 0.25) is 5.13 Å². The summed E-state index contributed by atoms with van der Waals surface area (Å²) in [5.74, 6) is 1.62. The van der Waals surface area contributed by atoms with Crippen LogP contribution in [0.2, 0.25) is 0 Å². The Labute approximate surface area is 103 Å². The summed E-state index contributed by atoms with van der Waals surface area (Å²) in [7, 11) is 0. The van der Waals surface area contributed by atoms with Crippen LogP contribution in [-0.2, 0) is 6.54 Å². The van der Waals surface area contributed by atoms with E-state index in [1.807, 2.05) is 10.9 Å². The zero-order valence-corrected chi connectivity index (χ0v) is 10.2. The van der Waals surface area contributed by atoms with Crippen LogP contribution >= 0.6 is 11.5 Å². The fourth-order valence-electron chi connectivity index (χ4n) is 1.59. The third-order valence-electron chi connectivity index (χ3n) is 2.65. The quantitative estimate of drug-likeness (QED) is 0.836. The van der Waals surface area contributed by atoms with Gasteiger partial charge in [0.25, 0.3) is 0 Å². The van der Waals surface area contributed by atoms with Crippen LogP contribution in [0.15, 0.2) is 12.4 Å². The van der Waals surface area contributed by atoms with Crippen LogP contribution < -0.4 is 11.1 Å². The molecule has 3 rings (SSSR count). The van der Waals surface area contributed by atoms with Crippen molar-refractivity contribution in [2.24, 2.45) is 0 Å². The van der Waals surface area contributed by atoms with E-state index in [1.165, 1.54) is 24.4 Å². The number of nitrogen functional groups attached to an aromatic ring is 1. The SMILES string of the molecule is Nc1cnn(CCNc2nc(C3CC3)ns2)c1. The molecule has 0 amide bonds. The van der Waals surface area contributed by atoms with Crippen LogP contribution in [0.3, 0.4) is 0 Å². The van der Waals surface area contributed by atoms with E-state index >= 15 is 0 Å². The topological polar surface area (TPSA) is 81.6 Å². The van der Waals surface area contributed by atoms with Gasteiger partial charge in [0.05, 0.1) is 18.4 Å². The lowest BCUT2D eigenvalue weighted by Gasteiger charge is -2.01. The van der Waals surface area contributed by atoms with Crippen LogP contribution in [0.5, 0.6) is 0 Å². The monoisotopic (exact) mass is 250 g/mol. The highest BCUT2D eigenvalue weighted by Crippen LogP contribution is 2.39. The molecular formula is C10H14N6S. The Morgan fingerprint density at radius 3 is 3.12 bits per heavy atom. The van der Waals surface area contributed by atoms with E-state index in [-0.39, 0.29) is 0 Å². The lowest BCUT2D eigenvalue weighted by Crippen LogP contribution is -2.10. The molecule has 0 saturated heterocycles. The van der Waals surface area contributed by atoms with Crippen molar-refractivity contribution in [3.63, 3.8) is 0 Å². The van der Waals surface area contributed by atoms with Crippen LogP contribution in [0.1, 0.15) is 24.6 Å². The Morgan fingerprint density at radius 1 is 1.53 bits per heavy atom. The smallest absolute Gasteiger partial charge is 0.202 e. The molecule has 0 unspecified atom stereocenters. The Morgan fingerprint density at radius 2 is 2.41 bits per heavy atom. The van der Waals surface area contributed by atoms with Gasteiger partial charge in [-0.25, -0.2) is 4.98 Å². The Hall–Kier alpha value is -1.63. The molecule has 7 heteroatoms. The highest BCUT2D eigenvalue weighted by molar-refractivity contribution is 7.09. The third kappa shape index (κ3) is 2.55. The molecule has 2 heterocycles. The van der Waals surface area contributed by atoms with E-state index in [9.17, 15) is 0 Å². The summed E-state index contributed by atoms with van der Waals surface area (Å²) in [5.41, 5.74) is 6.27. The molecule has 2 aromatic rings. The van der Waals surface area contributed by atoms with E-state index in [1.54, 1.807) is 6.20 Å². The number of nitrogens with two attached hydrogens (primary N) is 1. The molecule has 1 aliphatic rings. The highest BCUT2D eigenvalue weighted by Gasteiger charge is 2.27. The summed E-state index contributed by atoms with van der Waals surface area (Å²) >= 11 is 1.43. The van der Waals surface area contributed by atoms with Crippen molar-refractivity contribution in [2.75, 3.05) is 17.6 Å². The molecule has 0 aliphatic heterocycles. The number of anilines is 2. The van der Waals surface area contributed by atoms with Gasteiger partial charge in [0.1, 0.15) is 5.82 Å². The lowest BCUT2D eigenvalue weighted by atomic mass is 10.4. The van der Waals surface area contributed by atoms with Gasteiger partial charge in [0, 0.05) is 30.2 Å². The molecule has 2 aromatic heterocycles. The van der Waals surface area contributed by atoms with E-state index in [2.05, 4.69) is 19.8 Å². The fraction of sp³-hybridized carbons (Fsp3) is 0.500. The molecule has 3 N–H and O–H groups in total. The van der Waals surface area contributed by atoms with Crippen LogP contribution in [-0.4, -0.2) is 25.7 Å². The van der Waals surface area contributed by atoms with Crippen molar-refractivity contribution < 1.29 is 0 Å². The van der Waals surface area contributed by atoms with Crippen molar-refractivity contribution in [1.29, 1.82) is 0 Å². The number of hydrogen-bond donors (Lipinski definition) is 2. The standard InChI is InChI=1S/C10H14N6S/c11-8-5-13-16(6-8)4-3-12-10-14-9(15-17-10)7-1-2-7/h5-7H,1-4,11H2,(H,12,14,15). The van der Waals surface area contributed by atoms with E-state index in [0.29, 0.717) is 11.6 Å². The summed E-state index contributed by atoms with van der Waals surface area (Å²) in [5, 5.41) is 8.25. The van der Waals surface area contributed by atoms with Crippen LogP contribution in [0.4, 0.5) is 10.8 Å². The third-order valence-corrected chi connectivity index (χ3v) is 3.34. The molecule has 1 fully saturated rings. The Bertz CT molecular complexity index is 500. The first-order chi connectivity index (χ1) is 8.31. The second-order valence-corrected chi connectivity index (χ2v) is 4.95. The zero-order chi connectivity index (χ0) is 11.7. The number of nitrogens with one attached hydrogen (secondary N) is 1. The molecule has 6 nitrogen and oxygen atoms in total. The predicted octanol–water partition coefficient (Wildman–Crippen LogP) is 1.31. The van der Waals surface area contributed by atoms with E-state index < -0.39 is 0 Å². The average molecular weight is 250 g/mol. The summed E-state index contributed by atoms with van der Waals surface area (Å²) in [4.78, 5) is 4.45. The lowest BCUT2D eigenvalue weighted by molar-refractivity contribution is 0.638. The highest BCUT2D eigenvalue weighted by atomic mass is 32.1. The molecule has 0 aromatic carbocycles. The van der Waals surface area contributed by atoms with Gasteiger partial charge in [-0.15, -0.1) is 0 Å². The number of aromatic nitrogens is 4. The number of hydrogen-bond acceptors (Lipinski definition) is 6. The molecule has 0 spiro atoms. The van der Waals surface area contributed by atoms with Gasteiger partial charge in [-0.05, 0) is 12.8 Å². The minimum atomic E-state index is 0.618. The van der Waals surface area contributed by atoms with Crippen LogP contribution in [0, 0.1) is 0 Å². The van der Waals surface area contributed by atoms with E-state index in [0.717, 1.165) is 24.0 Å². The van der Waals surface area contributed by atoms with Gasteiger partial charge in [0.15, 0.2) is 0 Å². The average Bonchev–Trinajstić information content (AvgIpc) is 2.93. The van der Waals surface area contributed by atoms with Crippen molar-refractivity contribution in [3.05, 3.63) is 18.2 Å². The Kier molecular flexibility index (Phi) is 2.68. The first kappa shape index (κ1) is 10.5. The van der Waals surface area contributed by atoms with Crippen LogP contribution in [0.25, 0.3) is 0 Å². The maximum atomic E-state index is 5.58. The normalized spacial score (nSPS) is 15.1. The maximum absolute atomic E-state index is 5.58. The summed E-state index contributed by atoms with van der Waals surface area (Å²) in [6.45, 7) is 1.55. The van der Waals surface area contributed by atoms with Gasteiger partial charge in [-0.2, -0.15) is 9.47 Å². The summed E-state index contributed by atoms with van der Waals surface area (Å²) < 4.78 is 6.14. The molecule has 1 aliphatic carbocycles. The second-order valence-electron chi connectivity index (χ2n) is 4.20. The molecule has 0 bridgehead atoms. The summed E-state index contributed by atoms with van der Waals surface area (Å²) in [6.07, 6.45) is 5.94. The maximum Gasteiger partial charge on any atom is 0.202 e. The molecule has 1 saturated carbocycles. The minimum Gasteiger partial charge on any atom is -0.396 e. The van der Waals surface area contributed by atoms with Crippen molar-refractivity contribution in [1.82, 2.24) is 19.1 Å². The fourth-order valence-corrected chi connectivity index (χ4v) is 2.26. The first-order valence-corrected chi connectivity index (χ1v) is 6.44.